The predicted octanol–water partition coefficient (Wildman–Crippen LogP) is 4.13. The van der Waals surface area contributed by atoms with Gasteiger partial charge in [0.25, 0.3) is 0 Å². The molecule has 2 aromatic heterocycles. The maximum Gasteiger partial charge on any atom is 0.243 e. The van der Waals surface area contributed by atoms with Crippen molar-refractivity contribution in [3.8, 4) is 17.3 Å². The van der Waals surface area contributed by atoms with E-state index in [9.17, 15) is 4.79 Å². The second kappa shape index (κ2) is 9.51. The number of aryl methyl sites for hydroxylation is 1. The van der Waals surface area contributed by atoms with E-state index in [0.29, 0.717) is 45.7 Å². The molecule has 0 saturated heterocycles. The molecule has 0 saturated carbocycles. The molecule has 1 amide bonds. The monoisotopic (exact) mass is 454 g/mol. The molecule has 0 atom stereocenters. The highest BCUT2D eigenvalue weighted by atomic mass is 35.5. The van der Waals surface area contributed by atoms with Gasteiger partial charge in [-0.05, 0) is 32.0 Å². The molecule has 3 rings (SSSR count). The van der Waals surface area contributed by atoms with Crippen LogP contribution in [0.25, 0.3) is 11.4 Å². The Labute approximate surface area is 182 Å². The van der Waals surface area contributed by atoms with Gasteiger partial charge in [0.2, 0.25) is 11.8 Å². The number of ether oxygens (including phenoxy) is 1. The van der Waals surface area contributed by atoms with Crippen molar-refractivity contribution in [1.29, 1.82) is 0 Å². The van der Waals surface area contributed by atoms with Crippen molar-refractivity contribution in [3.63, 3.8) is 0 Å². The van der Waals surface area contributed by atoms with E-state index in [1.165, 1.54) is 11.8 Å². The second-order valence-electron chi connectivity index (χ2n) is 5.97. The first-order valence-corrected chi connectivity index (χ1v) is 10.6. The number of carbonyl (C=O) groups excluding carboxylic acids is 1. The molecule has 0 spiro atoms. The van der Waals surface area contributed by atoms with Crippen LogP contribution in [0.5, 0.6) is 5.88 Å². The largest absolute Gasteiger partial charge is 0.476 e. The fourth-order valence-electron chi connectivity index (χ4n) is 2.54. The number of thioether (sulfide) groups is 1. The van der Waals surface area contributed by atoms with Crippen LogP contribution in [0.4, 0.5) is 5.69 Å². The first-order valence-electron chi connectivity index (χ1n) is 8.90. The maximum atomic E-state index is 12.3. The average Bonchev–Trinajstić information content (AvgIpc) is 3.26. The third kappa shape index (κ3) is 5.04. The summed E-state index contributed by atoms with van der Waals surface area (Å²) in [7, 11) is 1.84. The average molecular weight is 455 g/mol. The van der Waals surface area contributed by atoms with Crippen molar-refractivity contribution < 1.29 is 9.53 Å². The summed E-state index contributed by atoms with van der Waals surface area (Å²) in [6.07, 6.45) is 1.88. The number of anilines is 1. The molecule has 1 aromatic carbocycles. The van der Waals surface area contributed by atoms with E-state index in [1.807, 2.05) is 31.7 Å². The molecule has 0 fully saturated rings. The summed E-state index contributed by atoms with van der Waals surface area (Å²) in [5, 5.41) is 17.1. The quantitative estimate of drug-likeness (QED) is 0.514. The lowest BCUT2D eigenvalue weighted by Crippen LogP contribution is -2.14. The summed E-state index contributed by atoms with van der Waals surface area (Å²) in [6, 6.07) is 4.93. The molecule has 2 heterocycles. The van der Waals surface area contributed by atoms with Crippen molar-refractivity contribution in [2.75, 3.05) is 17.7 Å². The Bertz CT molecular complexity index is 1020. The molecule has 0 radical (unpaired) electrons. The summed E-state index contributed by atoms with van der Waals surface area (Å²) in [5.74, 6) is 1.12. The van der Waals surface area contributed by atoms with Gasteiger partial charge in [-0.3, -0.25) is 9.48 Å². The Morgan fingerprint density at radius 1 is 1.24 bits per heavy atom. The zero-order valence-corrected chi connectivity index (χ0v) is 18.5. The Kier molecular flexibility index (Phi) is 7.05. The topological polar surface area (TPSA) is 86.9 Å². The van der Waals surface area contributed by atoms with E-state index in [1.54, 1.807) is 22.9 Å². The molecule has 154 valence electrons. The van der Waals surface area contributed by atoms with Gasteiger partial charge in [-0.25, -0.2) is 0 Å². The van der Waals surface area contributed by atoms with Gasteiger partial charge in [-0.2, -0.15) is 0 Å². The third-order valence-electron chi connectivity index (χ3n) is 3.94. The fourth-order valence-corrected chi connectivity index (χ4v) is 3.55. The van der Waals surface area contributed by atoms with Gasteiger partial charge >= 0.3 is 0 Å². The Balaban J connectivity index is 1.69. The van der Waals surface area contributed by atoms with Gasteiger partial charge in [-0.15, -0.1) is 15.3 Å². The van der Waals surface area contributed by atoms with Gasteiger partial charge < -0.3 is 14.6 Å². The van der Waals surface area contributed by atoms with Crippen LogP contribution in [0, 0.1) is 0 Å². The zero-order chi connectivity index (χ0) is 21.0. The van der Waals surface area contributed by atoms with Gasteiger partial charge in [-0.1, -0.05) is 35.0 Å². The maximum absolute atomic E-state index is 12.3. The highest BCUT2D eigenvalue weighted by Crippen LogP contribution is 2.30. The molecule has 3 aromatic rings. The number of carbonyl (C=O) groups is 1. The predicted molar refractivity (Wildman–Crippen MR) is 115 cm³/mol. The molecule has 0 aliphatic carbocycles. The summed E-state index contributed by atoms with van der Waals surface area (Å²) in [6.45, 7) is 5.12. The minimum Gasteiger partial charge on any atom is -0.476 e. The van der Waals surface area contributed by atoms with E-state index >= 15 is 0 Å². The van der Waals surface area contributed by atoms with Crippen LogP contribution in [0.1, 0.15) is 13.8 Å². The number of hydrogen-bond donors (Lipinski definition) is 1. The molecule has 0 aliphatic heterocycles. The highest BCUT2D eigenvalue weighted by molar-refractivity contribution is 7.99. The van der Waals surface area contributed by atoms with Crippen LogP contribution in [-0.4, -0.2) is 42.8 Å². The summed E-state index contributed by atoms with van der Waals surface area (Å²) in [4.78, 5) is 12.3. The molecule has 8 nitrogen and oxygen atoms in total. The summed E-state index contributed by atoms with van der Waals surface area (Å²) in [5.41, 5.74) is 1.34. The smallest absolute Gasteiger partial charge is 0.243 e. The first-order chi connectivity index (χ1) is 13.9. The van der Waals surface area contributed by atoms with Crippen molar-refractivity contribution in [2.45, 2.75) is 25.5 Å². The molecule has 11 heteroatoms. The van der Waals surface area contributed by atoms with Crippen LogP contribution < -0.4 is 10.1 Å². The number of benzene rings is 1. The number of rotatable bonds is 8. The summed E-state index contributed by atoms with van der Waals surface area (Å²) < 4.78 is 9.22. The number of halogens is 2. The van der Waals surface area contributed by atoms with Gasteiger partial charge in [0.1, 0.15) is 5.56 Å². The van der Waals surface area contributed by atoms with Crippen LogP contribution >= 0.6 is 35.0 Å². The Morgan fingerprint density at radius 2 is 2.03 bits per heavy atom. The SMILES string of the molecule is CCOc1nn(CC)cc1-c1nnc(SCC(=O)Nc2ccc(Cl)c(Cl)c2)n1C. The molecule has 29 heavy (non-hydrogen) atoms. The normalized spacial score (nSPS) is 10.9. The van der Waals surface area contributed by atoms with Crippen LogP contribution in [0.3, 0.4) is 0 Å². The molecule has 0 unspecified atom stereocenters. The molecule has 1 N–H and O–H groups in total. The van der Waals surface area contributed by atoms with Crippen molar-refractivity contribution >= 4 is 46.6 Å². The van der Waals surface area contributed by atoms with Crippen LogP contribution in [0.15, 0.2) is 29.6 Å². The Morgan fingerprint density at radius 3 is 2.72 bits per heavy atom. The number of aromatic nitrogens is 5. The fraction of sp³-hybridized carbons (Fsp3) is 0.333. The summed E-state index contributed by atoms with van der Waals surface area (Å²) >= 11 is 13.1. The van der Waals surface area contributed by atoms with Crippen molar-refractivity contribution in [2.24, 2.45) is 7.05 Å². The third-order valence-corrected chi connectivity index (χ3v) is 5.70. The van der Waals surface area contributed by atoms with E-state index in [0.717, 1.165) is 5.56 Å². The Hall–Kier alpha value is -2.23. The second-order valence-corrected chi connectivity index (χ2v) is 7.72. The molecule has 0 aliphatic rings. The van der Waals surface area contributed by atoms with Crippen molar-refractivity contribution in [3.05, 3.63) is 34.4 Å². The van der Waals surface area contributed by atoms with Gasteiger partial charge in [0.15, 0.2) is 11.0 Å². The number of hydrogen-bond acceptors (Lipinski definition) is 6. The van der Waals surface area contributed by atoms with Crippen LogP contribution in [-0.2, 0) is 18.4 Å². The minimum atomic E-state index is -0.188. The standard InChI is InChI=1S/C18H20Cl2N6O2S/c1-4-26-9-12(17(24-26)28-5-2)16-22-23-18(25(16)3)29-10-15(27)21-11-6-7-13(19)14(20)8-11/h6-9H,4-5,10H2,1-3H3,(H,21,27). The number of amides is 1. The minimum absolute atomic E-state index is 0.165. The van der Waals surface area contributed by atoms with Crippen LogP contribution in [0.2, 0.25) is 10.0 Å². The van der Waals surface area contributed by atoms with E-state index in [4.69, 9.17) is 27.9 Å². The van der Waals surface area contributed by atoms with E-state index < -0.39 is 0 Å². The lowest BCUT2D eigenvalue weighted by molar-refractivity contribution is -0.113. The number of nitrogens with zero attached hydrogens (tertiary/aromatic N) is 5. The van der Waals surface area contributed by atoms with Gasteiger partial charge in [0.05, 0.1) is 22.4 Å². The van der Waals surface area contributed by atoms with Crippen molar-refractivity contribution in [1.82, 2.24) is 24.5 Å². The van der Waals surface area contributed by atoms with E-state index in [2.05, 4.69) is 20.6 Å². The lowest BCUT2D eigenvalue weighted by atomic mass is 10.3. The first kappa shape index (κ1) is 21.5. The van der Waals surface area contributed by atoms with Gasteiger partial charge in [0, 0.05) is 25.5 Å². The van der Waals surface area contributed by atoms with E-state index in [-0.39, 0.29) is 11.7 Å². The molecule has 0 bridgehead atoms. The highest BCUT2D eigenvalue weighted by Gasteiger charge is 2.19. The lowest BCUT2D eigenvalue weighted by Gasteiger charge is -2.07. The zero-order valence-electron chi connectivity index (χ0n) is 16.1. The molecular formula is C18H20Cl2N6O2S. The molecular weight excluding hydrogens is 435 g/mol. The number of nitrogens with one attached hydrogen (secondary N) is 1.